The van der Waals surface area contributed by atoms with E-state index in [9.17, 15) is 14.0 Å². The van der Waals surface area contributed by atoms with Crippen LogP contribution >= 0.6 is 0 Å². The van der Waals surface area contributed by atoms with Crippen LogP contribution in [0.2, 0.25) is 0 Å². The second-order valence-corrected chi connectivity index (χ2v) is 12.3. The molecule has 0 saturated carbocycles. The average molecular weight is 627 g/mol. The normalized spacial score (nSPS) is 16.1. The third-order valence-electron chi connectivity index (χ3n) is 9.42. The number of aromatic nitrogens is 1. The van der Waals surface area contributed by atoms with Crippen LogP contribution in [0.5, 0.6) is 0 Å². The van der Waals surface area contributed by atoms with Crippen LogP contribution in [0, 0.1) is 19.7 Å². The number of hydrogen-bond acceptors (Lipinski definition) is 6. The molecule has 2 fully saturated rings. The topological polar surface area (TPSA) is 86.9 Å². The Kier molecular flexibility index (Phi) is 9.82. The number of aryl methyl sites for hydroxylation is 1. The fraction of sp³-hybridized carbons (Fsp3) is 0.405. The highest BCUT2D eigenvalue weighted by Crippen LogP contribution is 2.34. The van der Waals surface area contributed by atoms with Crippen LogP contribution in [0.4, 0.5) is 10.1 Å². The van der Waals surface area contributed by atoms with E-state index in [1.165, 1.54) is 11.6 Å². The predicted octanol–water partition coefficient (Wildman–Crippen LogP) is 5.72. The maximum atomic E-state index is 15.0. The Morgan fingerprint density at radius 2 is 1.72 bits per heavy atom. The molecule has 9 heteroatoms. The number of aromatic amines is 1. The molecule has 1 amide bonds. The van der Waals surface area contributed by atoms with Gasteiger partial charge in [-0.25, -0.2) is 4.39 Å². The molecular formula is C37H43FN4O4. The fourth-order valence-corrected chi connectivity index (χ4v) is 6.84. The summed E-state index contributed by atoms with van der Waals surface area (Å²) in [5.41, 5.74) is 5.99. The zero-order chi connectivity index (χ0) is 32.2. The molecule has 46 heavy (non-hydrogen) atoms. The van der Waals surface area contributed by atoms with Gasteiger partial charge in [0.2, 0.25) is 0 Å². The minimum atomic E-state index is -0.483. The van der Waals surface area contributed by atoms with Crippen LogP contribution < -0.4 is 15.8 Å². The standard InChI is InChI=1S/C37H43FN4O4/c1-4-42(29-12-16-45-17-13-29)34-21-28(27-10-8-26(9-11-27)23-41-14-18-46-19-15-41)20-31(24(34)2)36(43)39-22-32-35-30(6-5-7-33(35)38)25(3)40-37(32)44/h5-11,20-21,29H,4,12-19,22-23H2,1-3H3,(H,39,43)(H,40,44). The van der Waals surface area contributed by atoms with Crippen molar-refractivity contribution in [2.75, 3.05) is 51.0 Å². The van der Waals surface area contributed by atoms with Crippen LogP contribution in [-0.2, 0) is 22.6 Å². The summed E-state index contributed by atoms with van der Waals surface area (Å²) in [5.74, 6) is -0.791. The number of anilines is 1. The number of halogens is 1. The van der Waals surface area contributed by atoms with Crippen molar-refractivity contribution in [3.63, 3.8) is 0 Å². The fourth-order valence-electron chi connectivity index (χ4n) is 6.84. The summed E-state index contributed by atoms with van der Waals surface area (Å²) in [6, 6.07) is 17.7. The second kappa shape index (κ2) is 14.2. The SMILES string of the molecule is CCN(c1cc(-c2ccc(CN3CCOCC3)cc2)cc(C(=O)NCc2c(=O)[nH]c(C)c3cccc(F)c23)c1C)C1CCOCC1. The Morgan fingerprint density at radius 1 is 1.00 bits per heavy atom. The second-order valence-electron chi connectivity index (χ2n) is 12.3. The van der Waals surface area contributed by atoms with Gasteiger partial charge in [0.05, 0.1) is 13.2 Å². The van der Waals surface area contributed by atoms with Crippen LogP contribution in [0.1, 0.15) is 52.5 Å². The minimum Gasteiger partial charge on any atom is -0.381 e. The van der Waals surface area contributed by atoms with Crippen molar-refractivity contribution >= 4 is 22.4 Å². The van der Waals surface area contributed by atoms with Gasteiger partial charge in [-0.1, -0.05) is 36.4 Å². The first kappa shape index (κ1) is 31.9. The maximum Gasteiger partial charge on any atom is 0.253 e. The number of pyridine rings is 1. The third-order valence-corrected chi connectivity index (χ3v) is 9.42. The Balaban J connectivity index is 1.34. The molecule has 0 radical (unpaired) electrons. The number of amides is 1. The first-order valence-electron chi connectivity index (χ1n) is 16.3. The Hall–Kier alpha value is -4.05. The first-order valence-corrected chi connectivity index (χ1v) is 16.3. The Labute approximate surface area is 269 Å². The molecular weight excluding hydrogens is 583 g/mol. The summed E-state index contributed by atoms with van der Waals surface area (Å²) in [6.45, 7) is 12.2. The minimum absolute atomic E-state index is 0.0986. The van der Waals surface area contributed by atoms with Gasteiger partial charge in [0.1, 0.15) is 5.82 Å². The molecule has 2 N–H and O–H groups in total. The summed E-state index contributed by atoms with van der Waals surface area (Å²) >= 11 is 0. The highest BCUT2D eigenvalue weighted by Gasteiger charge is 2.25. The molecule has 1 aromatic heterocycles. The van der Waals surface area contributed by atoms with Gasteiger partial charge in [-0.15, -0.1) is 0 Å². The molecule has 0 spiro atoms. The molecule has 2 aliphatic heterocycles. The number of nitrogens with zero attached hydrogens (tertiary/aromatic N) is 2. The smallest absolute Gasteiger partial charge is 0.253 e. The highest BCUT2D eigenvalue weighted by molar-refractivity contribution is 5.99. The molecule has 242 valence electrons. The largest absolute Gasteiger partial charge is 0.381 e. The van der Waals surface area contributed by atoms with E-state index in [0.29, 0.717) is 35.9 Å². The average Bonchev–Trinajstić information content (AvgIpc) is 3.07. The number of hydrogen-bond donors (Lipinski definition) is 2. The van der Waals surface area contributed by atoms with Crippen LogP contribution in [-0.4, -0.2) is 67.9 Å². The maximum absolute atomic E-state index is 15.0. The summed E-state index contributed by atoms with van der Waals surface area (Å²) in [5, 5.41) is 3.81. The van der Waals surface area contributed by atoms with Crippen LogP contribution in [0.3, 0.4) is 0 Å². The van der Waals surface area contributed by atoms with Gasteiger partial charge in [0.25, 0.3) is 11.5 Å². The molecule has 0 atom stereocenters. The van der Waals surface area contributed by atoms with Gasteiger partial charge in [-0.2, -0.15) is 0 Å². The van der Waals surface area contributed by atoms with Crippen molar-refractivity contribution in [3.05, 3.63) is 98.7 Å². The van der Waals surface area contributed by atoms with Gasteiger partial charge < -0.3 is 24.7 Å². The van der Waals surface area contributed by atoms with E-state index in [1.807, 2.05) is 13.0 Å². The van der Waals surface area contributed by atoms with Gasteiger partial charge in [-0.05, 0) is 74.1 Å². The van der Waals surface area contributed by atoms with Gasteiger partial charge in [0, 0.05) is 85.3 Å². The summed E-state index contributed by atoms with van der Waals surface area (Å²) < 4.78 is 26.1. The molecule has 0 unspecified atom stereocenters. The molecule has 4 aromatic rings. The number of benzene rings is 3. The quantitative estimate of drug-likeness (QED) is 0.247. The number of nitrogens with one attached hydrogen (secondary N) is 2. The molecule has 3 heterocycles. The molecule has 2 aliphatic rings. The Morgan fingerprint density at radius 3 is 2.43 bits per heavy atom. The van der Waals surface area contributed by atoms with E-state index >= 15 is 0 Å². The number of carbonyl (C=O) groups excluding carboxylic acids is 1. The van der Waals surface area contributed by atoms with Crippen LogP contribution in [0.25, 0.3) is 21.9 Å². The summed E-state index contributed by atoms with van der Waals surface area (Å²) in [6.07, 6.45) is 1.84. The highest BCUT2D eigenvalue weighted by atomic mass is 19.1. The molecule has 8 nitrogen and oxygen atoms in total. The van der Waals surface area contributed by atoms with Crippen molar-refractivity contribution in [2.24, 2.45) is 0 Å². The van der Waals surface area contributed by atoms with Crippen molar-refractivity contribution in [3.8, 4) is 11.1 Å². The van der Waals surface area contributed by atoms with Crippen molar-refractivity contribution < 1.29 is 18.7 Å². The number of H-pyrrole nitrogens is 1. The van der Waals surface area contributed by atoms with E-state index < -0.39 is 11.4 Å². The third kappa shape index (κ3) is 6.72. The zero-order valence-corrected chi connectivity index (χ0v) is 27.0. The van der Waals surface area contributed by atoms with Gasteiger partial charge in [-0.3, -0.25) is 14.5 Å². The lowest BCUT2D eigenvalue weighted by Gasteiger charge is -2.37. The van der Waals surface area contributed by atoms with E-state index in [2.05, 4.69) is 57.4 Å². The van der Waals surface area contributed by atoms with E-state index in [1.54, 1.807) is 19.1 Å². The van der Waals surface area contributed by atoms with Crippen LogP contribution in [0.15, 0.2) is 59.4 Å². The molecule has 0 bridgehead atoms. The molecule has 0 aliphatic carbocycles. The number of morpholine rings is 1. The number of ether oxygens (including phenoxy) is 2. The van der Waals surface area contributed by atoms with Crippen molar-refractivity contribution in [1.82, 2.24) is 15.2 Å². The van der Waals surface area contributed by atoms with E-state index in [0.717, 1.165) is 74.6 Å². The molecule has 6 rings (SSSR count). The lowest BCUT2D eigenvalue weighted by molar-refractivity contribution is 0.0342. The van der Waals surface area contributed by atoms with Gasteiger partial charge >= 0.3 is 0 Å². The lowest BCUT2D eigenvalue weighted by atomic mass is 9.94. The molecule has 3 aromatic carbocycles. The Bertz CT molecular complexity index is 1760. The number of rotatable bonds is 9. The van der Waals surface area contributed by atoms with E-state index in [-0.39, 0.29) is 23.4 Å². The number of fused-ring (bicyclic) bond motifs is 1. The first-order chi connectivity index (χ1) is 22.3. The summed E-state index contributed by atoms with van der Waals surface area (Å²) in [7, 11) is 0. The monoisotopic (exact) mass is 626 g/mol. The zero-order valence-electron chi connectivity index (χ0n) is 27.0. The van der Waals surface area contributed by atoms with E-state index in [4.69, 9.17) is 9.47 Å². The number of carbonyl (C=O) groups is 1. The predicted molar refractivity (Wildman–Crippen MR) is 180 cm³/mol. The molecule has 2 saturated heterocycles. The lowest BCUT2D eigenvalue weighted by Crippen LogP contribution is -2.40. The van der Waals surface area contributed by atoms with Crippen molar-refractivity contribution in [1.29, 1.82) is 0 Å². The van der Waals surface area contributed by atoms with Gasteiger partial charge in [0.15, 0.2) is 0 Å². The van der Waals surface area contributed by atoms with Crippen molar-refractivity contribution in [2.45, 2.75) is 52.7 Å². The summed E-state index contributed by atoms with van der Waals surface area (Å²) in [4.78, 5) is 34.5.